The monoisotopic (exact) mass is 197 g/mol. The van der Waals surface area contributed by atoms with Crippen molar-refractivity contribution in [2.45, 2.75) is 13.3 Å². The van der Waals surface area contributed by atoms with E-state index in [1.54, 1.807) is 11.3 Å². The highest BCUT2D eigenvalue weighted by molar-refractivity contribution is 7.08. The van der Waals surface area contributed by atoms with Crippen molar-refractivity contribution < 1.29 is 4.74 Å². The van der Waals surface area contributed by atoms with Crippen molar-refractivity contribution in [2.75, 3.05) is 25.1 Å². The molecular formula is C10H15NOS. The molecule has 0 bridgehead atoms. The van der Waals surface area contributed by atoms with E-state index in [0.29, 0.717) is 5.92 Å². The molecule has 0 aliphatic carbocycles. The highest BCUT2D eigenvalue weighted by Gasteiger charge is 2.15. The van der Waals surface area contributed by atoms with E-state index in [9.17, 15) is 0 Å². The fourth-order valence-electron chi connectivity index (χ4n) is 1.54. The van der Waals surface area contributed by atoms with Crippen LogP contribution >= 0.6 is 11.3 Å². The van der Waals surface area contributed by atoms with Crippen LogP contribution in [-0.2, 0) is 4.74 Å². The van der Waals surface area contributed by atoms with E-state index in [4.69, 9.17) is 4.74 Å². The lowest BCUT2D eigenvalue weighted by Gasteiger charge is -2.09. The first-order chi connectivity index (χ1) is 6.36. The molecule has 2 rings (SSSR count). The molecule has 0 spiro atoms. The lowest BCUT2D eigenvalue weighted by molar-refractivity contribution is 0.187. The quantitative estimate of drug-likeness (QED) is 0.804. The van der Waals surface area contributed by atoms with Gasteiger partial charge >= 0.3 is 0 Å². The molecule has 1 aromatic heterocycles. The van der Waals surface area contributed by atoms with E-state index in [1.807, 2.05) is 0 Å². The van der Waals surface area contributed by atoms with Gasteiger partial charge in [0.2, 0.25) is 0 Å². The van der Waals surface area contributed by atoms with Gasteiger partial charge in [0.15, 0.2) is 0 Å². The van der Waals surface area contributed by atoms with Gasteiger partial charge < -0.3 is 10.1 Å². The molecule has 1 saturated heterocycles. The lowest BCUT2D eigenvalue weighted by atomic mass is 10.1. The Bertz CT molecular complexity index is 266. The van der Waals surface area contributed by atoms with Crippen LogP contribution in [0.2, 0.25) is 0 Å². The normalized spacial score (nSPS) is 22.1. The minimum Gasteiger partial charge on any atom is -0.384 e. The summed E-state index contributed by atoms with van der Waals surface area (Å²) in [5, 5.41) is 7.81. The molecule has 0 saturated carbocycles. The predicted molar refractivity (Wildman–Crippen MR) is 56.5 cm³/mol. The van der Waals surface area contributed by atoms with Gasteiger partial charge in [-0.05, 0) is 24.3 Å². The highest BCUT2D eigenvalue weighted by Crippen LogP contribution is 2.21. The summed E-state index contributed by atoms with van der Waals surface area (Å²) in [6.07, 6.45) is 1.20. The molecule has 0 amide bonds. The third-order valence-corrected chi connectivity index (χ3v) is 3.32. The maximum Gasteiger partial charge on any atom is 0.0511 e. The van der Waals surface area contributed by atoms with E-state index in [2.05, 4.69) is 23.0 Å². The van der Waals surface area contributed by atoms with Gasteiger partial charge in [-0.25, -0.2) is 0 Å². The Morgan fingerprint density at radius 2 is 2.54 bits per heavy atom. The summed E-state index contributed by atoms with van der Waals surface area (Å²) < 4.78 is 5.32. The van der Waals surface area contributed by atoms with Crippen LogP contribution in [0.4, 0.5) is 5.69 Å². The molecular weight excluding hydrogens is 182 g/mol. The third kappa shape index (κ3) is 2.23. The van der Waals surface area contributed by atoms with Crippen LogP contribution in [0.25, 0.3) is 0 Å². The zero-order valence-electron chi connectivity index (χ0n) is 7.88. The second-order valence-corrected chi connectivity index (χ2v) is 4.32. The summed E-state index contributed by atoms with van der Waals surface area (Å²) in [5.41, 5.74) is 2.64. The molecule has 1 unspecified atom stereocenters. The van der Waals surface area contributed by atoms with Gasteiger partial charge in [0, 0.05) is 30.1 Å². The van der Waals surface area contributed by atoms with E-state index in [-0.39, 0.29) is 0 Å². The fourth-order valence-corrected chi connectivity index (χ4v) is 2.34. The largest absolute Gasteiger partial charge is 0.384 e. The number of ether oxygens (including phenoxy) is 1. The summed E-state index contributed by atoms with van der Waals surface area (Å²) in [6.45, 7) is 5.06. The second kappa shape index (κ2) is 4.11. The number of hydrogen-bond donors (Lipinski definition) is 1. The number of hydrogen-bond acceptors (Lipinski definition) is 3. The summed E-state index contributed by atoms with van der Waals surface area (Å²) in [7, 11) is 0. The van der Waals surface area contributed by atoms with Crippen LogP contribution < -0.4 is 5.32 Å². The molecule has 72 valence electrons. The van der Waals surface area contributed by atoms with Crippen molar-refractivity contribution in [2.24, 2.45) is 5.92 Å². The molecule has 0 radical (unpaired) electrons. The summed E-state index contributed by atoms with van der Waals surface area (Å²) in [6, 6.07) is 0. The van der Waals surface area contributed by atoms with E-state index < -0.39 is 0 Å². The van der Waals surface area contributed by atoms with Crippen molar-refractivity contribution in [3.05, 3.63) is 16.3 Å². The van der Waals surface area contributed by atoms with Gasteiger partial charge in [-0.15, -0.1) is 11.3 Å². The molecule has 3 heteroatoms. The van der Waals surface area contributed by atoms with Gasteiger partial charge in [0.1, 0.15) is 0 Å². The Kier molecular flexibility index (Phi) is 2.86. The molecule has 1 aromatic rings. The average Bonchev–Trinajstić information content (AvgIpc) is 2.72. The second-order valence-electron chi connectivity index (χ2n) is 3.58. The number of nitrogens with one attached hydrogen (secondary N) is 1. The maximum atomic E-state index is 5.32. The standard InChI is InChI=1S/C10H15NOS/c1-8-6-13-7-10(8)11-4-9-2-3-12-5-9/h6-7,9,11H,2-5H2,1H3. The Morgan fingerprint density at radius 3 is 3.15 bits per heavy atom. The first kappa shape index (κ1) is 9.03. The Hall–Kier alpha value is -0.540. The van der Waals surface area contributed by atoms with Crippen LogP contribution in [0.15, 0.2) is 10.8 Å². The zero-order chi connectivity index (χ0) is 9.10. The molecule has 1 aliphatic rings. The third-order valence-electron chi connectivity index (χ3n) is 2.46. The smallest absolute Gasteiger partial charge is 0.0511 e. The summed E-state index contributed by atoms with van der Waals surface area (Å²) in [4.78, 5) is 0. The van der Waals surface area contributed by atoms with E-state index >= 15 is 0 Å². The van der Waals surface area contributed by atoms with E-state index in [0.717, 1.165) is 19.8 Å². The molecule has 2 heterocycles. The van der Waals surface area contributed by atoms with Crippen LogP contribution in [-0.4, -0.2) is 19.8 Å². The van der Waals surface area contributed by atoms with Crippen molar-refractivity contribution in [3.8, 4) is 0 Å². The SMILES string of the molecule is Cc1cscc1NCC1CCOC1. The Balaban J connectivity index is 1.82. The number of anilines is 1. The molecule has 1 atom stereocenters. The molecule has 1 aliphatic heterocycles. The van der Waals surface area contributed by atoms with Gasteiger partial charge in [-0.1, -0.05) is 0 Å². The minimum absolute atomic E-state index is 0.708. The molecule has 2 nitrogen and oxygen atoms in total. The van der Waals surface area contributed by atoms with E-state index in [1.165, 1.54) is 17.7 Å². The van der Waals surface area contributed by atoms with Gasteiger partial charge in [-0.3, -0.25) is 0 Å². The van der Waals surface area contributed by atoms with Crippen molar-refractivity contribution >= 4 is 17.0 Å². The van der Waals surface area contributed by atoms with Gasteiger partial charge in [0.05, 0.1) is 6.61 Å². The van der Waals surface area contributed by atoms with Crippen molar-refractivity contribution in [3.63, 3.8) is 0 Å². The zero-order valence-corrected chi connectivity index (χ0v) is 8.69. The molecule has 0 aromatic carbocycles. The van der Waals surface area contributed by atoms with Crippen LogP contribution in [0.1, 0.15) is 12.0 Å². The number of thiophene rings is 1. The van der Waals surface area contributed by atoms with Gasteiger partial charge in [0.25, 0.3) is 0 Å². The van der Waals surface area contributed by atoms with Gasteiger partial charge in [-0.2, -0.15) is 0 Å². The molecule has 1 N–H and O–H groups in total. The highest BCUT2D eigenvalue weighted by atomic mass is 32.1. The number of rotatable bonds is 3. The predicted octanol–water partition coefficient (Wildman–Crippen LogP) is 2.50. The van der Waals surface area contributed by atoms with Crippen LogP contribution in [0, 0.1) is 12.8 Å². The maximum absolute atomic E-state index is 5.32. The average molecular weight is 197 g/mol. The van der Waals surface area contributed by atoms with Crippen LogP contribution in [0.3, 0.4) is 0 Å². The summed E-state index contributed by atoms with van der Waals surface area (Å²) >= 11 is 1.75. The Morgan fingerprint density at radius 1 is 1.62 bits per heavy atom. The molecule has 1 fully saturated rings. The van der Waals surface area contributed by atoms with Crippen molar-refractivity contribution in [1.29, 1.82) is 0 Å². The molecule has 13 heavy (non-hydrogen) atoms. The van der Waals surface area contributed by atoms with Crippen molar-refractivity contribution in [1.82, 2.24) is 0 Å². The fraction of sp³-hybridized carbons (Fsp3) is 0.600. The first-order valence-corrected chi connectivity index (χ1v) is 5.65. The minimum atomic E-state index is 0.708. The lowest BCUT2D eigenvalue weighted by Crippen LogP contribution is -2.13. The first-order valence-electron chi connectivity index (χ1n) is 4.70. The van der Waals surface area contributed by atoms with Crippen LogP contribution in [0.5, 0.6) is 0 Å². The number of aryl methyl sites for hydroxylation is 1. The Labute approximate surface area is 82.9 Å². The topological polar surface area (TPSA) is 21.3 Å². The summed E-state index contributed by atoms with van der Waals surface area (Å²) in [5.74, 6) is 0.708.